The second kappa shape index (κ2) is 9.11. The van der Waals surface area contributed by atoms with E-state index in [-0.39, 0.29) is 30.3 Å². The lowest BCUT2D eigenvalue weighted by atomic mass is 9.83. The van der Waals surface area contributed by atoms with Crippen LogP contribution in [0.3, 0.4) is 0 Å². The van der Waals surface area contributed by atoms with Crippen molar-refractivity contribution in [1.29, 1.82) is 0 Å². The second-order valence-electron chi connectivity index (χ2n) is 8.72. The summed E-state index contributed by atoms with van der Waals surface area (Å²) in [7, 11) is 0. The Balaban J connectivity index is 1.88. The van der Waals surface area contributed by atoms with Gasteiger partial charge in [-0.3, -0.25) is 0 Å². The van der Waals surface area contributed by atoms with Gasteiger partial charge in [0, 0.05) is 11.1 Å². The summed E-state index contributed by atoms with van der Waals surface area (Å²) in [6, 6.07) is 21.3. The molecule has 182 valence electrons. The number of benzene rings is 3. The number of carbonyl (C=O) groups excluding carboxylic acids is 2. The van der Waals surface area contributed by atoms with Crippen molar-refractivity contribution in [2.24, 2.45) is 4.99 Å². The molecule has 0 amide bonds. The summed E-state index contributed by atoms with van der Waals surface area (Å²) in [5, 5.41) is 0. The average molecular weight is 482 g/mol. The number of hydrogen-bond acceptors (Lipinski definition) is 6. The summed E-state index contributed by atoms with van der Waals surface area (Å²) in [6.07, 6.45) is 0. The molecular weight excluding hydrogens is 454 g/mol. The van der Waals surface area contributed by atoms with Gasteiger partial charge in [0.1, 0.15) is 11.1 Å². The Morgan fingerprint density at radius 1 is 0.778 bits per heavy atom. The van der Waals surface area contributed by atoms with Crippen molar-refractivity contribution < 1.29 is 23.8 Å². The Labute approximate surface area is 210 Å². The zero-order valence-electron chi connectivity index (χ0n) is 20.8. The average Bonchev–Trinajstić information content (AvgIpc) is 3.36. The van der Waals surface area contributed by atoms with Crippen LogP contribution in [-0.2, 0) is 29.4 Å². The maximum atomic E-state index is 13.7. The molecule has 0 aromatic heterocycles. The van der Waals surface area contributed by atoms with Crippen molar-refractivity contribution in [3.63, 3.8) is 0 Å². The molecule has 6 heteroatoms. The standard InChI is InChI=1S/C30H27NO5/c1-5-34-28(32)24-25(29(33)35-6-2)30(36-27(24)31-26-18(3)12-11-13-19(26)4)22-16-9-7-14-20(22)21-15-8-10-17-23(21)30/h7-17H,5-6H2,1-4H3. The van der Waals surface area contributed by atoms with E-state index in [0.29, 0.717) is 5.69 Å². The Kier molecular flexibility index (Phi) is 5.96. The van der Waals surface area contributed by atoms with Crippen LogP contribution in [0.5, 0.6) is 0 Å². The van der Waals surface area contributed by atoms with E-state index in [1.54, 1.807) is 13.8 Å². The quantitative estimate of drug-likeness (QED) is 0.437. The van der Waals surface area contributed by atoms with E-state index >= 15 is 0 Å². The Hall–Kier alpha value is -4.19. The fraction of sp³-hybridized carbons (Fsp3) is 0.233. The van der Waals surface area contributed by atoms with Gasteiger partial charge in [-0.15, -0.1) is 0 Å². The first kappa shape index (κ1) is 23.5. The summed E-state index contributed by atoms with van der Waals surface area (Å²) in [6.45, 7) is 7.61. The molecule has 3 aromatic rings. The number of aliphatic imine (C=N–C) groups is 1. The van der Waals surface area contributed by atoms with Gasteiger partial charge in [-0.25, -0.2) is 14.6 Å². The second-order valence-corrected chi connectivity index (χ2v) is 8.72. The van der Waals surface area contributed by atoms with Crippen LogP contribution in [0.15, 0.2) is 82.9 Å². The van der Waals surface area contributed by atoms with Gasteiger partial charge in [-0.05, 0) is 49.9 Å². The van der Waals surface area contributed by atoms with Crippen molar-refractivity contribution >= 4 is 23.5 Å². The third-order valence-electron chi connectivity index (χ3n) is 6.58. The first-order valence-corrected chi connectivity index (χ1v) is 12.1. The molecule has 6 nitrogen and oxygen atoms in total. The third kappa shape index (κ3) is 3.44. The number of hydrogen-bond donors (Lipinski definition) is 0. The van der Waals surface area contributed by atoms with Crippen LogP contribution in [0.25, 0.3) is 11.1 Å². The number of aryl methyl sites for hydroxylation is 2. The highest BCUT2D eigenvalue weighted by Crippen LogP contribution is 2.57. The van der Waals surface area contributed by atoms with Gasteiger partial charge in [-0.1, -0.05) is 66.7 Å². The Bertz CT molecular complexity index is 1380. The fourth-order valence-electron chi connectivity index (χ4n) is 5.11. The van der Waals surface area contributed by atoms with Crippen LogP contribution in [0.1, 0.15) is 36.1 Å². The van der Waals surface area contributed by atoms with Crippen molar-refractivity contribution in [2.45, 2.75) is 33.3 Å². The van der Waals surface area contributed by atoms with Crippen molar-refractivity contribution in [3.05, 3.63) is 100 Å². The highest BCUT2D eigenvalue weighted by molar-refractivity contribution is 6.25. The summed E-state index contributed by atoms with van der Waals surface area (Å²) in [5.41, 5.74) is 4.55. The van der Waals surface area contributed by atoms with E-state index in [2.05, 4.69) is 0 Å². The summed E-state index contributed by atoms with van der Waals surface area (Å²) in [5.74, 6) is -1.27. The number of nitrogens with zero attached hydrogens (tertiary/aromatic N) is 1. The molecule has 0 fully saturated rings. The summed E-state index contributed by atoms with van der Waals surface area (Å²) < 4.78 is 17.6. The van der Waals surface area contributed by atoms with Crippen LogP contribution in [0, 0.1) is 13.8 Å². The van der Waals surface area contributed by atoms with Gasteiger partial charge in [-0.2, -0.15) is 0 Å². The van der Waals surface area contributed by atoms with Gasteiger partial charge in [0.05, 0.1) is 18.9 Å². The minimum atomic E-state index is -1.39. The zero-order valence-corrected chi connectivity index (χ0v) is 20.8. The smallest absolute Gasteiger partial charge is 0.344 e. The minimum absolute atomic E-state index is 0.00976. The molecule has 1 heterocycles. The van der Waals surface area contributed by atoms with Crippen LogP contribution in [-0.4, -0.2) is 31.1 Å². The van der Waals surface area contributed by atoms with E-state index in [0.717, 1.165) is 33.4 Å². The molecule has 1 aliphatic carbocycles. The number of carbonyl (C=O) groups is 2. The van der Waals surface area contributed by atoms with Crippen molar-refractivity contribution in [3.8, 4) is 11.1 Å². The van der Waals surface area contributed by atoms with Gasteiger partial charge in [0.25, 0.3) is 0 Å². The van der Waals surface area contributed by atoms with E-state index in [9.17, 15) is 9.59 Å². The topological polar surface area (TPSA) is 74.2 Å². The van der Waals surface area contributed by atoms with Gasteiger partial charge in [0.2, 0.25) is 5.90 Å². The Morgan fingerprint density at radius 3 is 1.86 bits per heavy atom. The lowest BCUT2D eigenvalue weighted by molar-refractivity contribution is -0.142. The third-order valence-corrected chi connectivity index (χ3v) is 6.58. The summed E-state index contributed by atoms with van der Waals surface area (Å²) >= 11 is 0. The molecule has 0 saturated heterocycles. The van der Waals surface area contributed by atoms with Crippen LogP contribution >= 0.6 is 0 Å². The molecule has 0 unspecified atom stereocenters. The lowest BCUT2D eigenvalue weighted by Crippen LogP contribution is -2.33. The number of esters is 2. The molecule has 0 N–H and O–H groups in total. The SMILES string of the molecule is CCOC(=O)C1=C(C(=O)OCC)C2(OC1=Nc1c(C)cccc1C)c1ccccc1-c1ccccc12. The normalized spacial score (nSPS) is 16.1. The lowest BCUT2D eigenvalue weighted by Gasteiger charge is -2.28. The monoisotopic (exact) mass is 481 g/mol. The highest BCUT2D eigenvalue weighted by atomic mass is 16.6. The van der Waals surface area contributed by atoms with E-state index in [1.807, 2.05) is 80.6 Å². The van der Waals surface area contributed by atoms with Gasteiger partial charge in [0.15, 0.2) is 5.60 Å². The zero-order chi connectivity index (χ0) is 25.4. The molecule has 0 atom stereocenters. The molecule has 0 saturated carbocycles. The van der Waals surface area contributed by atoms with Gasteiger partial charge < -0.3 is 14.2 Å². The van der Waals surface area contributed by atoms with Crippen LogP contribution in [0.4, 0.5) is 5.69 Å². The molecule has 0 radical (unpaired) electrons. The predicted octanol–water partition coefficient (Wildman–Crippen LogP) is 5.71. The molecular formula is C30H27NO5. The molecule has 0 bridgehead atoms. The van der Waals surface area contributed by atoms with Crippen LogP contribution in [0.2, 0.25) is 0 Å². The number of ether oxygens (including phenoxy) is 3. The largest absolute Gasteiger partial charge is 0.462 e. The number of rotatable bonds is 5. The molecule has 5 rings (SSSR count). The molecule has 1 aliphatic heterocycles. The minimum Gasteiger partial charge on any atom is -0.462 e. The molecule has 2 aliphatic rings. The summed E-state index contributed by atoms with van der Waals surface area (Å²) in [4.78, 5) is 31.9. The van der Waals surface area contributed by atoms with Gasteiger partial charge >= 0.3 is 11.9 Å². The predicted molar refractivity (Wildman–Crippen MR) is 137 cm³/mol. The van der Waals surface area contributed by atoms with Crippen molar-refractivity contribution in [1.82, 2.24) is 0 Å². The highest BCUT2D eigenvalue weighted by Gasteiger charge is 2.59. The molecule has 1 spiro atoms. The van der Waals surface area contributed by atoms with Crippen LogP contribution < -0.4 is 0 Å². The van der Waals surface area contributed by atoms with Crippen molar-refractivity contribution in [2.75, 3.05) is 13.2 Å². The van der Waals surface area contributed by atoms with E-state index < -0.39 is 17.5 Å². The Morgan fingerprint density at radius 2 is 1.31 bits per heavy atom. The first-order valence-electron chi connectivity index (χ1n) is 12.1. The van der Waals surface area contributed by atoms with E-state index in [4.69, 9.17) is 19.2 Å². The maximum Gasteiger partial charge on any atom is 0.344 e. The molecule has 36 heavy (non-hydrogen) atoms. The number of fused-ring (bicyclic) bond motifs is 5. The van der Waals surface area contributed by atoms with E-state index in [1.165, 1.54) is 0 Å². The maximum absolute atomic E-state index is 13.7. The molecule has 3 aromatic carbocycles. The number of para-hydroxylation sites is 1. The fourth-order valence-corrected chi connectivity index (χ4v) is 5.11. The first-order chi connectivity index (χ1) is 17.4.